The van der Waals surface area contributed by atoms with Gasteiger partial charge in [0, 0.05) is 11.9 Å². The summed E-state index contributed by atoms with van der Waals surface area (Å²) in [5.74, 6) is 0.161. The smallest absolute Gasteiger partial charge is 0.297 e. The van der Waals surface area contributed by atoms with Crippen LogP contribution in [0.25, 0.3) is 21.9 Å². The molecule has 162 valence electrons. The van der Waals surface area contributed by atoms with Gasteiger partial charge in [-0.05, 0) is 26.3 Å². The van der Waals surface area contributed by atoms with Crippen LogP contribution in [0.2, 0.25) is 0 Å². The van der Waals surface area contributed by atoms with Gasteiger partial charge in [0.25, 0.3) is 6.01 Å². The molecule has 5 N–H and O–H groups in total. The number of nitrogen functional groups attached to an aromatic ring is 1. The van der Waals surface area contributed by atoms with Crippen LogP contribution in [-0.2, 0) is 16.1 Å². The Hall–Kier alpha value is -2.91. The second-order valence-electron chi connectivity index (χ2n) is 7.70. The van der Waals surface area contributed by atoms with E-state index in [2.05, 4.69) is 15.3 Å². The molecule has 2 aromatic heterocycles. The fourth-order valence-electron chi connectivity index (χ4n) is 3.30. The highest BCUT2D eigenvalue weighted by atomic mass is 16.5. The first-order valence-electron chi connectivity index (χ1n) is 10.1. The van der Waals surface area contributed by atoms with Crippen molar-refractivity contribution in [3.05, 3.63) is 24.3 Å². The first-order valence-corrected chi connectivity index (χ1v) is 10.1. The Morgan fingerprint density at radius 2 is 2.00 bits per heavy atom. The first kappa shape index (κ1) is 21.8. The van der Waals surface area contributed by atoms with E-state index in [-0.39, 0.29) is 12.5 Å². The van der Waals surface area contributed by atoms with Crippen molar-refractivity contribution in [1.29, 1.82) is 0 Å². The average Bonchev–Trinajstić information content (AvgIpc) is 3.08. The highest BCUT2D eigenvalue weighted by Gasteiger charge is 2.25. The van der Waals surface area contributed by atoms with Gasteiger partial charge in [-0.15, -0.1) is 0 Å². The number of aromatic nitrogens is 3. The first-order chi connectivity index (χ1) is 14.4. The Morgan fingerprint density at radius 1 is 1.23 bits per heavy atom. The third-order valence-electron chi connectivity index (χ3n) is 4.65. The Balaban J connectivity index is 1.95. The standard InChI is InChI=1S/C21H30N6O3/c1-4-10-29-20-26-17-18(14-7-5-6-8-15(14)25-19(17)23)27(20)13-21(2,3)30-11-9-24-16(28)12-22/h5-8H,4,9-13,22H2,1-3H3,(H2,23,25)(H,24,28). The predicted molar refractivity (Wildman–Crippen MR) is 117 cm³/mol. The van der Waals surface area contributed by atoms with E-state index in [4.69, 9.17) is 20.9 Å². The van der Waals surface area contributed by atoms with Crippen LogP contribution in [0, 0.1) is 0 Å². The summed E-state index contributed by atoms with van der Waals surface area (Å²) in [5.41, 5.74) is 13.3. The minimum Gasteiger partial charge on any atom is -0.465 e. The topological polar surface area (TPSA) is 130 Å². The van der Waals surface area contributed by atoms with Crippen LogP contribution in [0.5, 0.6) is 6.01 Å². The lowest BCUT2D eigenvalue weighted by Crippen LogP contribution is -2.37. The van der Waals surface area contributed by atoms with E-state index in [1.54, 1.807) is 0 Å². The van der Waals surface area contributed by atoms with Crippen LogP contribution in [0.1, 0.15) is 27.2 Å². The van der Waals surface area contributed by atoms with Crippen molar-refractivity contribution >= 4 is 33.7 Å². The van der Waals surface area contributed by atoms with E-state index < -0.39 is 5.60 Å². The predicted octanol–water partition coefficient (Wildman–Crippen LogP) is 1.83. The van der Waals surface area contributed by atoms with Crippen LogP contribution in [0.4, 0.5) is 5.82 Å². The molecule has 0 atom stereocenters. The van der Waals surface area contributed by atoms with Gasteiger partial charge in [0.1, 0.15) is 5.52 Å². The largest absolute Gasteiger partial charge is 0.465 e. The summed E-state index contributed by atoms with van der Waals surface area (Å²) in [4.78, 5) is 20.4. The quantitative estimate of drug-likeness (QED) is 0.431. The summed E-state index contributed by atoms with van der Waals surface area (Å²) in [5, 5.41) is 3.66. The van der Waals surface area contributed by atoms with Crippen molar-refractivity contribution in [2.24, 2.45) is 5.73 Å². The molecule has 1 aromatic carbocycles. The number of imidazole rings is 1. The monoisotopic (exact) mass is 414 g/mol. The lowest BCUT2D eigenvalue weighted by molar-refractivity contribution is -0.120. The zero-order valence-corrected chi connectivity index (χ0v) is 17.8. The van der Waals surface area contributed by atoms with Gasteiger partial charge >= 0.3 is 0 Å². The summed E-state index contributed by atoms with van der Waals surface area (Å²) in [7, 11) is 0. The molecule has 2 heterocycles. The molecule has 0 fully saturated rings. The minimum atomic E-state index is -0.551. The van der Waals surface area contributed by atoms with Gasteiger partial charge in [-0.3, -0.25) is 9.36 Å². The summed E-state index contributed by atoms with van der Waals surface area (Å²) in [6, 6.07) is 8.31. The number of hydrogen-bond acceptors (Lipinski definition) is 7. The van der Waals surface area contributed by atoms with E-state index >= 15 is 0 Å². The summed E-state index contributed by atoms with van der Waals surface area (Å²) >= 11 is 0. The fraction of sp³-hybridized carbons (Fsp3) is 0.476. The number of nitrogens with two attached hydrogens (primary N) is 2. The van der Waals surface area contributed by atoms with Gasteiger partial charge in [0.15, 0.2) is 5.82 Å². The van der Waals surface area contributed by atoms with Gasteiger partial charge in [-0.2, -0.15) is 4.98 Å². The number of anilines is 1. The van der Waals surface area contributed by atoms with Crippen LogP contribution in [0.15, 0.2) is 24.3 Å². The Kier molecular flexibility index (Phi) is 6.73. The second-order valence-corrected chi connectivity index (χ2v) is 7.70. The van der Waals surface area contributed by atoms with Crippen LogP contribution < -0.4 is 21.5 Å². The molecule has 9 heteroatoms. The number of nitrogens with zero attached hydrogens (tertiary/aromatic N) is 3. The van der Waals surface area contributed by atoms with Gasteiger partial charge < -0.3 is 26.3 Å². The molecule has 0 radical (unpaired) electrons. The number of nitrogens with one attached hydrogen (secondary N) is 1. The molecule has 0 aliphatic rings. The number of fused-ring (bicyclic) bond motifs is 3. The maximum Gasteiger partial charge on any atom is 0.297 e. The molecule has 0 saturated carbocycles. The number of rotatable bonds is 10. The normalized spacial score (nSPS) is 11.9. The SMILES string of the molecule is CCCOc1nc2c(N)nc3ccccc3c2n1CC(C)(C)OCCNC(=O)CN. The number of hydrogen-bond donors (Lipinski definition) is 3. The van der Waals surface area contributed by atoms with Gasteiger partial charge in [-0.1, -0.05) is 25.1 Å². The molecule has 9 nitrogen and oxygen atoms in total. The molecule has 1 amide bonds. The molecule has 0 saturated heterocycles. The zero-order valence-electron chi connectivity index (χ0n) is 17.8. The summed E-state index contributed by atoms with van der Waals surface area (Å²) in [6.07, 6.45) is 0.860. The maximum absolute atomic E-state index is 11.3. The number of para-hydroxylation sites is 1. The Morgan fingerprint density at radius 3 is 2.73 bits per heavy atom. The molecule has 0 bridgehead atoms. The highest BCUT2D eigenvalue weighted by molar-refractivity contribution is 6.06. The third-order valence-corrected chi connectivity index (χ3v) is 4.65. The van der Waals surface area contributed by atoms with Crippen LogP contribution in [-0.4, -0.2) is 52.3 Å². The molecule has 0 aliphatic carbocycles. The molecule has 0 spiro atoms. The van der Waals surface area contributed by atoms with Gasteiger partial charge in [-0.25, -0.2) is 4.98 Å². The molecule has 0 aliphatic heterocycles. The maximum atomic E-state index is 11.3. The molecule has 30 heavy (non-hydrogen) atoms. The van der Waals surface area contributed by atoms with Crippen molar-refractivity contribution < 1.29 is 14.3 Å². The van der Waals surface area contributed by atoms with Crippen molar-refractivity contribution in [3.8, 4) is 6.01 Å². The number of carbonyl (C=O) groups excluding carboxylic acids is 1. The van der Waals surface area contributed by atoms with Crippen LogP contribution >= 0.6 is 0 Å². The van der Waals surface area contributed by atoms with Gasteiger partial charge in [0.05, 0.1) is 42.9 Å². The van der Waals surface area contributed by atoms with E-state index in [1.807, 2.05) is 49.6 Å². The van der Waals surface area contributed by atoms with E-state index in [0.29, 0.717) is 43.6 Å². The van der Waals surface area contributed by atoms with E-state index in [9.17, 15) is 4.79 Å². The third kappa shape index (κ3) is 4.80. The fourth-order valence-corrected chi connectivity index (χ4v) is 3.30. The molecule has 0 unspecified atom stereocenters. The number of amides is 1. The minimum absolute atomic E-state index is 0.0366. The van der Waals surface area contributed by atoms with Crippen molar-refractivity contribution in [1.82, 2.24) is 19.9 Å². The van der Waals surface area contributed by atoms with Crippen molar-refractivity contribution in [2.75, 3.05) is 32.0 Å². The lowest BCUT2D eigenvalue weighted by atomic mass is 10.1. The average molecular weight is 415 g/mol. The number of carbonyl (C=O) groups is 1. The Labute approximate surface area is 175 Å². The molecular weight excluding hydrogens is 384 g/mol. The van der Waals surface area contributed by atoms with Crippen LogP contribution in [0.3, 0.4) is 0 Å². The second kappa shape index (κ2) is 9.27. The lowest BCUT2D eigenvalue weighted by Gasteiger charge is -2.27. The van der Waals surface area contributed by atoms with Crippen molar-refractivity contribution in [2.45, 2.75) is 39.3 Å². The molecule has 3 aromatic rings. The zero-order chi connectivity index (χ0) is 21.7. The number of pyridine rings is 1. The number of benzene rings is 1. The van der Waals surface area contributed by atoms with E-state index in [0.717, 1.165) is 22.8 Å². The molecule has 3 rings (SSSR count). The number of ether oxygens (including phenoxy) is 2. The summed E-state index contributed by atoms with van der Waals surface area (Å²) < 4.78 is 14.0. The van der Waals surface area contributed by atoms with Gasteiger partial charge in [0.2, 0.25) is 5.91 Å². The van der Waals surface area contributed by atoms with E-state index in [1.165, 1.54) is 0 Å². The van der Waals surface area contributed by atoms with Crippen molar-refractivity contribution in [3.63, 3.8) is 0 Å². The highest BCUT2D eigenvalue weighted by Crippen LogP contribution is 2.33. The molecular formula is C21H30N6O3. The Bertz CT molecular complexity index is 1030. The summed E-state index contributed by atoms with van der Waals surface area (Å²) in [6.45, 7) is 7.76.